The zero-order chi connectivity index (χ0) is 14.8. The van der Waals surface area contributed by atoms with E-state index in [4.69, 9.17) is 4.74 Å². The van der Waals surface area contributed by atoms with Crippen LogP contribution in [0.5, 0.6) is 5.75 Å². The highest BCUT2D eigenvalue weighted by molar-refractivity contribution is 5.99. The lowest BCUT2D eigenvalue weighted by Crippen LogP contribution is -2.44. The molecule has 2 heterocycles. The fourth-order valence-corrected chi connectivity index (χ4v) is 3.34. The van der Waals surface area contributed by atoms with Crippen LogP contribution in [0.4, 0.5) is 5.69 Å². The van der Waals surface area contributed by atoms with Gasteiger partial charge in [-0.05, 0) is 69.8 Å². The highest BCUT2D eigenvalue weighted by atomic mass is 16.5. The third kappa shape index (κ3) is 2.91. The summed E-state index contributed by atoms with van der Waals surface area (Å²) in [4.78, 5) is 14.1. The monoisotopic (exact) mass is 288 g/mol. The molecule has 1 aromatic carbocycles. The zero-order valence-electron chi connectivity index (χ0n) is 12.9. The van der Waals surface area contributed by atoms with Gasteiger partial charge in [0.1, 0.15) is 5.75 Å². The molecule has 0 aromatic heterocycles. The SMILES string of the molecule is CCN1C(=O)C(C)Oc2ccc(CC3CCCNC3)cc21. The van der Waals surface area contributed by atoms with E-state index in [-0.39, 0.29) is 12.0 Å². The number of ether oxygens (including phenoxy) is 1. The van der Waals surface area contributed by atoms with E-state index < -0.39 is 0 Å². The number of anilines is 1. The van der Waals surface area contributed by atoms with Gasteiger partial charge in [-0.15, -0.1) is 0 Å². The lowest BCUT2D eigenvalue weighted by molar-refractivity contribution is -0.125. The average Bonchev–Trinajstić information content (AvgIpc) is 2.50. The summed E-state index contributed by atoms with van der Waals surface area (Å²) in [6.07, 6.45) is 3.23. The van der Waals surface area contributed by atoms with Crippen molar-refractivity contribution in [3.8, 4) is 5.75 Å². The Morgan fingerprint density at radius 3 is 3.00 bits per heavy atom. The molecule has 3 rings (SSSR count). The van der Waals surface area contributed by atoms with Crippen LogP contribution in [0.2, 0.25) is 0 Å². The number of hydrogen-bond donors (Lipinski definition) is 1. The maximum Gasteiger partial charge on any atom is 0.267 e. The van der Waals surface area contributed by atoms with Crippen molar-refractivity contribution in [2.45, 2.75) is 39.2 Å². The Morgan fingerprint density at radius 1 is 1.43 bits per heavy atom. The van der Waals surface area contributed by atoms with Crippen molar-refractivity contribution in [3.63, 3.8) is 0 Å². The van der Waals surface area contributed by atoms with Gasteiger partial charge in [-0.25, -0.2) is 0 Å². The van der Waals surface area contributed by atoms with E-state index in [2.05, 4.69) is 17.4 Å². The molecule has 1 saturated heterocycles. The largest absolute Gasteiger partial charge is 0.479 e. The molecule has 2 unspecified atom stereocenters. The molecule has 0 spiro atoms. The van der Waals surface area contributed by atoms with Gasteiger partial charge in [0.05, 0.1) is 5.69 Å². The van der Waals surface area contributed by atoms with Crippen LogP contribution in [0.1, 0.15) is 32.3 Å². The fraction of sp³-hybridized carbons (Fsp3) is 0.588. The Balaban J connectivity index is 1.82. The van der Waals surface area contributed by atoms with Crippen molar-refractivity contribution < 1.29 is 9.53 Å². The second-order valence-electron chi connectivity index (χ2n) is 6.06. The number of hydrogen-bond acceptors (Lipinski definition) is 3. The third-order valence-electron chi connectivity index (χ3n) is 4.47. The number of nitrogens with one attached hydrogen (secondary N) is 1. The van der Waals surface area contributed by atoms with Crippen LogP contribution in [-0.4, -0.2) is 31.6 Å². The quantitative estimate of drug-likeness (QED) is 0.928. The summed E-state index contributed by atoms with van der Waals surface area (Å²) < 4.78 is 5.72. The number of benzene rings is 1. The molecule has 4 nitrogen and oxygen atoms in total. The minimum atomic E-state index is -0.383. The molecule has 0 saturated carbocycles. The molecular formula is C17H24N2O2. The number of fused-ring (bicyclic) bond motifs is 1. The van der Waals surface area contributed by atoms with Gasteiger partial charge < -0.3 is 15.0 Å². The number of amides is 1. The van der Waals surface area contributed by atoms with Gasteiger partial charge in [-0.1, -0.05) is 6.07 Å². The Bertz CT molecular complexity index is 524. The fourth-order valence-electron chi connectivity index (χ4n) is 3.34. The molecule has 0 bridgehead atoms. The number of piperidine rings is 1. The molecule has 21 heavy (non-hydrogen) atoms. The molecule has 0 aliphatic carbocycles. The zero-order valence-corrected chi connectivity index (χ0v) is 12.9. The molecule has 114 valence electrons. The molecule has 2 atom stereocenters. The van der Waals surface area contributed by atoms with Gasteiger partial charge in [-0.2, -0.15) is 0 Å². The van der Waals surface area contributed by atoms with Crippen LogP contribution < -0.4 is 15.0 Å². The summed E-state index contributed by atoms with van der Waals surface area (Å²) in [5, 5.41) is 3.46. The second-order valence-corrected chi connectivity index (χ2v) is 6.06. The van der Waals surface area contributed by atoms with Crippen molar-refractivity contribution >= 4 is 11.6 Å². The Labute approximate surface area is 126 Å². The summed E-state index contributed by atoms with van der Waals surface area (Å²) in [5.41, 5.74) is 2.23. The topological polar surface area (TPSA) is 41.6 Å². The van der Waals surface area contributed by atoms with Crippen LogP contribution in [0.15, 0.2) is 18.2 Å². The van der Waals surface area contributed by atoms with Crippen molar-refractivity contribution in [2.24, 2.45) is 5.92 Å². The van der Waals surface area contributed by atoms with Gasteiger partial charge in [0.25, 0.3) is 5.91 Å². The predicted octanol–water partition coefficient (Wildman–Crippen LogP) is 2.36. The second kappa shape index (κ2) is 6.06. The summed E-state index contributed by atoms with van der Waals surface area (Å²) in [7, 11) is 0. The number of carbonyl (C=O) groups excluding carboxylic acids is 1. The van der Waals surface area contributed by atoms with Crippen LogP contribution >= 0.6 is 0 Å². The predicted molar refractivity (Wildman–Crippen MR) is 83.9 cm³/mol. The van der Waals surface area contributed by atoms with Gasteiger partial charge in [-0.3, -0.25) is 4.79 Å². The van der Waals surface area contributed by atoms with Crippen molar-refractivity contribution in [2.75, 3.05) is 24.5 Å². The van der Waals surface area contributed by atoms with Gasteiger partial charge in [0.15, 0.2) is 6.10 Å². The minimum Gasteiger partial charge on any atom is -0.479 e. The molecule has 1 fully saturated rings. The normalized spacial score (nSPS) is 25.4. The van der Waals surface area contributed by atoms with E-state index in [0.717, 1.165) is 30.9 Å². The van der Waals surface area contributed by atoms with E-state index in [0.29, 0.717) is 12.5 Å². The molecule has 1 aromatic rings. The number of rotatable bonds is 3. The Morgan fingerprint density at radius 2 is 2.29 bits per heavy atom. The third-order valence-corrected chi connectivity index (χ3v) is 4.47. The van der Waals surface area contributed by atoms with E-state index >= 15 is 0 Å². The molecular weight excluding hydrogens is 264 g/mol. The number of nitrogens with zero attached hydrogens (tertiary/aromatic N) is 1. The first-order chi connectivity index (χ1) is 10.2. The first-order valence-electron chi connectivity index (χ1n) is 8.00. The Hall–Kier alpha value is -1.55. The summed E-state index contributed by atoms with van der Waals surface area (Å²) in [5.74, 6) is 1.59. The van der Waals surface area contributed by atoms with Crippen LogP contribution in [0, 0.1) is 5.92 Å². The maximum atomic E-state index is 12.2. The summed E-state index contributed by atoms with van der Waals surface area (Å²) >= 11 is 0. The average molecular weight is 288 g/mol. The van der Waals surface area contributed by atoms with Crippen molar-refractivity contribution in [3.05, 3.63) is 23.8 Å². The standard InChI is InChI=1S/C17H24N2O2/c1-3-19-15-10-13(9-14-5-4-8-18-11-14)6-7-16(15)21-12(2)17(19)20/h6-7,10,12,14,18H,3-5,8-9,11H2,1-2H3. The van der Waals surface area contributed by atoms with Crippen molar-refractivity contribution in [1.82, 2.24) is 5.32 Å². The summed E-state index contributed by atoms with van der Waals surface area (Å²) in [6.45, 7) is 6.76. The molecule has 1 amide bonds. The van der Waals surface area contributed by atoms with Gasteiger partial charge in [0, 0.05) is 6.54 Å². The Kier molecular flexibility index (Phi) is 4.15. The van der Waals surface area contributed by atoms with E-state index in [9.17, 15) is 4.79 Å². The van der Waals surface area contributed by atoms with E-state index in [1.165, 1.54) is 18.4 Å². The highest BCUT2D eigenvalue weighted by Gasteiger charge is 2.30. The first-order valence-corrected chi connectivity index (χ1v) is 8.00. The van der Waals surface area contributed by atoms with Crippen LogP contribution in [0.25, 0.3) is 0 Å². The van der Waals surface area contributed by atoms with Crippen LogP contribution in [0.3, 0.4) is 0 Å². The van der Waals surface area contributed by atoms with Gasteiger partial charge >= 0.3 is 0 Å². The lowest BCUT2D eigenvalue weighted by Gasteiger charge is -2.33. The van der Waals surface area contributed by atoms with Gasteiger partial charge in [0.2, 0.25) is 0 Å². The van der Waals surface area contributed by atoms with Crippen molar-refractivity contribution in [1.29, 1.82) is 0 Å². The minimum absolute atomic E-state index is 0.0569. The first kappa shape index (κ1) is 14.4. The number of carbonyl (C=O) groups is 1. The smallest absolute Gasteiger partial charge is 0.267 e. The molecule has 2 aliphatic heterocycles. The van der Waals surface area contributed by atoms with Crippen LogP contribution in [-0.2, 0) is 11.2 Å². The molecule has 0 radical (unpaired) electrons. The molecule has 2 aliphatic rings. The van der Waals surface area contributed by atoms with E-state index in [1.807, 2.05) is 24.8 Å². The highest BCUT2D eigenvalue weighted by Crippen LogP contribution is 2.35. The summed E-state index contributed by atoms with van der Waals surface area (Å²) in [6, 6.07) is 6.30. The van der Waals surface area contributed by atoms with E-state index in [1.54, 1.807) is 0 Å². The molecule has 4 heteroatoms. The maximum absolute atomic E-state index is 12.2. The number of likely N-dealkylation sites (N-methyl/N-ethyl adjacent to an activating group) is 1. The lowest BCUT2D eigenvalue weighted by atomic mass is 9.92. The molecule has 1 N–H and O–H groups in total.